The molecular formula is C11H17N3OS. The number of aryl methyl sites for hydroxylation is 1. The first-order valence-corrected chi connectivity index (χ1v) is 6.51. The predicted octanol–water partition coefficient (Wildman–Crippen LogP) is 1.72. The van der Waals surface area contributed by atoms with Crippen molar-refractivity contribution in [3.63, 3.8) is 0 Å². The molecule has 0 saturated heterocycles. The summed E-state index contributed by atoms with van der Waals surface area (Å²) in [5, 5.41) is 3.26. The first-order chi connectivity index (χ1) is 7.70. The Hall–Kier alpha value is -0.940. The van der Waals surface area contributed by atoms with Crippen LogP contribution in [0.25, 0.3) is 0 Å². The summed E-state index contributed by atoms with van der Waals surface area (Å²) in [5.41, 5.74) is 3.44. The SMILES string of the molecule is Cc1nc([C@H]2CC[C@H](C(=O)NN)CC2)cs1. The Morgan fingerprint density at radius 1 is 1.50 bits per heavy atom. The molecule has 0 unspecified atom stereocenters. The molecule has 0 atom stereocenters. The van der Waals surface area contributed by atoms with Crippen molar-refractivity contribution in [1.29, 1.82) is 0 Å². The summed E-state index contributed by atoms with van der Waals surface area (Å²) in [6, 6.07) is 0. The second-order valence-corrected chi connectivity index (χ2v) is 5.41. The number of rotatable bonds is 2. The summed E-state index contributed by atoms with van der Waals surface area (Å²) < 4.78 is 0. The van der Waals surface area contributed by atoms with E-state index in [0.717, 1.165) is 30.7 Å². The summed E-state index contributed by atoms with van der Waals surface area (Å²) in [5.74, 6) is 5.75. The molecule has 1 aliphatic rings. The minimum absolute atomic E-state index is 0.0205. The van der Waals surface area contributed by atoms with Crippen LogP contribution in [-0.4, -0.2) is 10.9 Å². The molecule has 0 aliphatic heterocycles. The van der Waals surface area contributed by atoms with Crippen molar-refractivity contribution in [2.45, 2.75) is 38.5 Å². The van der Waals surface area contributed by atoms with E-state index < -0.39 is 0 Å². The Kier molecular flexibility index (Phi) is 3.56. The molecule has 1 heterocycles. The van der Waals surface area contributed by atoms with E-state index in [2.05, 4.69) is 15.8 Å². The van der Waals surface area contributed by atoms with Gasteiger partial charge in [-0.2, -0.15) is 0 Å². The van der Waals surface area contributed by atoms with Crippen LogP contribution in [0, 0.1) is 12.8 Å². The van der Waals surface area contributed by atoms with E-state index in [9.17, 15) is 4.79 Å². The third-order valence-electron chi connectivity index (χ3n) is 3.30. The number of nitrogens with two attached hydrogens (primary N) is 1. The molecule has 1 saturated carbocycles. The van der Waals surface area contributed by atoms with Gasteiger partial charge in [-0.1, -0.05) is 0 Å². The molecule has 1 aliphatic carbocycles. The molecule has 4 nitrogen and oxygen atoms in total. The van der Waals surface area contributed by atoms with Crippen molar-refractivity contribution < 1.29 is 4.79 Å². The number of nitrogens with zero attached hydrogens (tertiary/aromatic N) is 1. The monoisotopic (exact) mass is 239 g/mol. The Bertz CT molecular complexity index is 369. The molecule has 1 fully saturated rings. The molecule has 1 aromatic rings. The molecule has 88 valence electrons. The van der Waals surface area contributed by atoms with Crippen LogP contribution in [0.1, 0.15) is 42.3 Å². The van der Waals surface area contributed by atoms with E-state index in [1.54, 1.807) is 11.3 Å². The Morgan fingerprint density at radius 3 is 2.69 bits per heavy atom. The molecule has 3 N–H and O–H groups in total. The van der Waals surface area contributed by atoms with E-state index in [1.165, 1.54) is 5.69 Å². The van der Waals surface area contributed by atoms with E-state index in [1.807, 2.05) is 6.92 Å². The van der Waals surface area contributed by atoms with Gasteiger partial charge in [-0.3, -0.25) is 10.2 Å². The van der Waals surface area contributed by atoms with Gasteiger partial charge < -0.3 is 0 Å². The van der Waals surface area contributed by atoms with Crippen LogP contribution in [0.2, 0.25) is 0 Å². The van der Waals surface area contributed by atoms with Crippen molar-refractivity contribution in [3.8, 4) is 0 Å². The van der Waals surface area contributed by atoms with Crippen LogP contribution in [-0.2, 0) is 4.79 Å². The van der Waals surface area contributed by atoms with Crippen molar-refractivity contribution in [1.82, 2.24) is 10.4 Å². The summed E-state index contributed by atoms with van der Waals surface area (Å²) in [6.07, 6.45) is 3.93. The van der Waals surface area contributed by atoms with Gasteiger partial charge in [-0.15, -0.1) is 11.3 Å². The fourth-order valence-electron chi connectivity index (χ4n) is 2.34. The molecule has 0 aromatic carbocycles. The first-order valence-electron chi connectivity index (χ1n) is 5.63. The van der Waals surface area contributed by atoms with Crippen LogP contribution in [0.15, 0.2) is 5.38 Å². The summed E-state index contributed by atoms with van der Waals surface area (Å²) in [4.78, 5) is 15.9. The lowest BCUT2D eigenvalue weighted by Gasteiger charge is -2.26. The van der Waals surface area contributed by atoms with Crippen LogP contribution in [0.4, 0.5) is 0 Å². The van der Waals surface area contributed by atoms with E-state index in [0.29, 0.717) is 5.92 Å². The lowest BCUT2D eigenvalue weighted by molar-refractivity contribution is -0.126. The van der Waals surface area contributed by atoms with Gasteiger partial charge in [0.05, 0.1) is 10.7 Å². The summed E-state index contributed by atoms with van der Waals surface area (Å²) in [7, 11) is 0. The third kappa shape index (κ3) is 2.41. The minimum atomic E-state index is -0.0205. The Morgan fingerprint density at radius 2 is 2.19 bits per heavy atom. The molecule has 16 heavy (non-hydrogen) atoms. The number of amides is 1. The highest BCUT2D eigenvalue weighted by atomic mass is 32.1. The second kappa shape index (κ2) is 4.93. The Balaban J connectivity index is 1.92. The number of hydrogen-bond acceptors (Lipinski definition) is 4. The predicted molar refractivity (Wildman–Crippen MR) is 63.9 cm³/mol. The molecule has 5 heteroatoms. The van der Waals surface area contributed by atoms with E-state index >= 15 is 0 Å². The average molecular weight is 239 g/mol. The highest BCUT2D eigenvalue weighted by Gasteiger charge is 2.27. The molecule has 2 rings (SSSR count). The van der Waals surface area contributed by atoms with Gasteiger partial charge in [0.15, 0.2) is 0 Å². The van der Waals surface area contributed by atoms with Gasteiger partial charge in [0.2, 0.25) is 5.91 Å². The number of hydrazine groups is 1. The standard InChI is InChI=1S/C11H17N3OS/c1-7-13-10(6-16-7)8-2-4-9(5-3-8)11(15)14-12/h6,8-9H,2-5,12H2,1H3,(H,14,15)/t8-,9-. The molecule has 0 spiro atoms. The van der Waals surface area contributed by atoms with Crippen LogP contribution >= 0.6 is 11.3 Å². The minimum Gasteiger partial charge on any atom is -0.294 e. The zero-order valence-electron chi connectivity index (χ0n) is 9.40. The summed E-state index contributed by atoms with van der Waals surface area (Å²) >= 11 is 1.70. The zero-order valence-corrected chi connectivity index (χ0v) is 10.2. The van der Waals surface area contributed by atoms with Gasteiger partial charge in [0.25, 0.3) is 0 Å². The first kappa shape index (κ1) is 11.5. The van der Waals surface area contributed by atoms with Crippen LogP contribution in [0.3, 0.4) is 0 Å². The number of hydrogen-bond donors (Lipinski definition) is 2. The summed E-state index contributed by atoms with van der Waals surface area (Å²) in [6.45, 7) is 2.03. The van der Waals surface area contributed by atoms with Gasteiger partial charge in [0, 0.05) is 17.2 Å². The maximum Gasteiger partial charge on any atom is 0.236 e. The van der Waals surface area contributed by atoms with Gasteiger partial charge >= 0.3 is 0 Å². The quantitative estimate of drug-likeness (QED) is 0.469. The highest BCUT2D eigenvalue weighted by molar-refractivity contribution is 7.09. The lowest BCUT2D eigenvalue weighted by atomic mass is 9.80. The normalized spacial score (nSPS) is 25.4. The largest absolute Gasteiger partial charge is 0.294 e. The number of nitrogens with one attached hydrogen (secondary N) is 1. The lowest BCUT2D eigenvalue weighted by Crippen LogP contribution is -2.37. The van der Waals surface area contributed by atoms with Gasteiger partial charge in [-0.25, -0.2) is 10.8 Å². The van der Waals surface area contributed by atoms with Crippen molar-refractivity contribution in [2.75, 3.05) is 0 Å². The molecule has 1 aromatic heterocycles. The van der Waals surface area contributed by atoms with Crippen molar-refractivity contribution >= 4 is 17.2 Å². The smallest absolute Gasteiger partial charge is 0.236 e. The van der Waals surface area contributed by atoms with Gasteiger partial charge in [0.1, 0.15) is 0 Å². The second-order valence-electron chi connectivity index (χ2n) is 4.35. The van der Waals surface area contributed by atoms with Gasteiger partial charge in [-0.05, 0) is 32.6 Å². The number of carbonyl (C=O) groups is 1. The third-order valence-corrected chi connectivity index (χ3v) is 4.09. The van der Waals surface area contributed by atoms with Crippen molar-refractivity contribution in [2.24, 2.45) is 11.8 Å². The molecule has 0 bridgehead atoms. The molecule has 0 radical (unpaired) electrons. The van der Waals surface area contributed by atoms with Crippen molar-refractivity contribution in [3.05, 3.63) is 16.1 Å². The molecule has 1 amide bonds. The highest BCUT2D eigenvalue weighted by Crippen LogP contribution is 2.35. The number of carbonyl (C=O) groups excluding carboxylic acids is 1. The molecular weight excluding hydrogens is 222 g/mol. The zero-order chi connectivity index (χ0) is 11.5. The van der Waals surface area contributed by atoms with E-state index in [4.69, 9.17) is 5.84 Å². The number of aromatic nitrogens is 1. The number of thiazole rings is 1. The maximum absolute atomic E-state index is 11.4. The Labute approximate surface area is 99.2 Å². The van der Waals surface area contributed by atoms with E-state index in [-0.39, 0.29) is 11.8 Å². The topological polar surface area (TPSA) is 68.0 Å². The average Bonchev–Trinajstić information content (AvgIpc) is 2.75. The fraction of sp³-hybridized carbons (Fsp3) is 0.636. The van der Waals surface area contributed by atoms with Crippen LogP contribution < -0.4 is 11.3 Å². The van der Waals surface area contributed by atoms with Crippen LogP contribution in [0.5, 0.6) is 0 Å². The fourth-order valence-corrected chi connectivity index (χ4v) is 3.03. The maximum atomic E-state index is 11.4.